The maximum Gasteiger partial charge on any atom is 0.278 e. The molecular formula is C26H27N5O4S. The molecule has 9 nitrogen and oxygen atoms in total. The first-order valence-electron chi connectivity index (χ1n) is 11.8. The lowest BCUT2D eigenvalue weighted by Gasteiger charge is -2.41. The van der Waals surface area contributed by atoms with Crippen LogP contribution in [0.4, 0.5) is 0 Å². The summed E-state index contributed by atoms with van der Waals surface area (Å²) in [6.07, 6.45) is 1.90. The number of methoxy groups -OCH3 is 1. The number of ether oxygens (including phenoxy) is 3. The largest absolute Gasteiger partial charge is 0.496 e. The van der Waals surface area contributed by atoms with Crippen molar-refractivity contribution < 1.29 is 19.0 Å². The molecule has 3 aromatic heterocycles. The number of nitrogens with zero attached hydrogens (tertiary/aromatic N) is 5. The molecule has 2 aliphatic heterocycles. The van der Waals surface area contributed by atoms with Crippen LogP contribution in [0.5, 0.6) is 11.5 Å². The minimum Gasteiger partial charge on any atom is -0.496 e. The van der Waals surface area contributed by atoms with Crippen LogP contribution >= 0.6 is 11.3 Å². The summed E-state index contributed by atoms with van der Waals surface area (Å²) in [5.41, 5.74) is 5.07. The SMILES string of the molecule is COc1cc2c(cc1-c1ccn(C)n1)-c1c(c(C(=O)N3CCOCC3(C)C)nn1-c1ccsc1)OC2. The zero-order valence-electron chi connectivity index (χ0n) is 20.6. The van der Waals surface area contributed by atoms with Crippen LogP contribution in [0, 0.1) is 0 Å². The average Bonchev–Trinajstić information content (AvgIpc) is 3.62. The third-order valence-electron chi connectivity index (χ3n) is 6.73. The van der Waals surface area contributed by atoms with Gasteiger partial charge in [-0.05, 0) is 43.5 Å². The summed E-state index contributed by atoms with van der Waals surface area (Å²) >= 11 is 1.57. The monoisotopic (exact) mass is 505 g/mol. The van der Waals surface area contributed by atoms with Crippen molar-refractivity contribution in [1.82, 2.24) is 24.5 Å². The summed E-state index contributed by atoms with van der Waals surface area (Å²) in [6.45, 7) is 5.80. The van der Waals surface area contributed by atoms with E-state index in [0.717, 1.165) is 33.8 Å². The zero-order chi connectivity index (χ0) is 25.0. The molecule has 10 heteroatoms. The predicted molar refractivity (Wildman–Crippen MR) is 136 cm³/mol. The van der Waals surface area contributed by atoms with Crippen LogP contribution in [0.2, 0.25) is 0 Å². The van der Waals surface area contributed by atoms with Crippen LogP contribution in [0.15, 0.2) is 41.2 Å². The quantitative estimate of drug-likeness (QED) is 0.414. The van der Waals surface area contributed by atoms with Gasteiger partial charge in [-0.2, -0.15) is 21.5 Å². The fourth-order valence-electron chi connectivity index (χ4n) is 4.88. The molecule has 4 aromatic rings. The first-order valence-corrected chi connectivity index (χ1v) is 12.7. The normalized spacial score (nSPS) is 16.3. The number of amides is 1. The fourth-order valence-corrected chi connectivity index (χ4v) is 5.50. The van der Waals surface area contributed by atoms with Gasteiger partial charge < -0.3 is 19.1 Å². The summed E-state index contributed by atoms with van der Waals surface area (Å²) in [5, 5.41) is 13.4. The second kappa shape index (κ2) is 8.49. The zero-order valence-corrected chi connectivity index (χ0v) is 21.5. The molecular weight excluding hydrogens is 478 g/mol. The molecule has 0 atom stereocenters. The number of morpholine rings is 1. The number of carbonyl (C=O) groups is 1. The van der Waals surface area contributed by atoms with E-state index in [4.69, 9.17) is 19.3 Å². The van der Waals surface area contributed by atoms with Crippen molar-refractivity contribution in [3.05, 3.63) is 52.5 Å². The van der Waals surface area contributed by atoms with Gasteiger partial charge in [0.15, 0.2) is 11.4 Å². The van der Waals surface area contributed by atoms with Gasteiger partial charge in [0.05, 0.1) is 37.2 Å². The molecule has 5 heterocycles. The third kappa shape index (κ3) is 3.59. The van der Waals surface area contributed by atoms with Crippen molar-refractivity contribution in [2.45, 2.75) is 26.0 Å². The molecule has 0 unspecified atom stereocenters. The Balaban J connectivity index is 1.55. The molecule has 0 bridgehead atoms. The van der Waals surface area contributed by atoms with Crippen molar-refractivity contribution in [2.75, 3.05) is 26.9 Å². The van der Waals surface area contributed by atoms with Crippen LogP contribution in [0.25, 0.3) is 28.2 Å². The van der Waals surface area contributed by atoms with Gasteiger partial charge in [-0.25, -0.2) is 4.68 Å². The van der Waals surface area contributed by atoms with Gasteiger partial charge in [-0.3, -0.25) is 9.48 Å². The van der Waals surface area contributed by atoms with E-state index >= 15 is 0 Å². The molecule has 0 N–H and O–H groups in total. The molecule has 0 saturated carbocycles. The van der Waals surface area contributed by atoms with E-state index in [1.54, 1.807) is 23.1 Å². The van der Waals surface area contributed by atoms with E-state index in [0.29, 0.717) is 43.6 Å². The smallest absolute Gasteiger partial charge is 0.278 e. The second-order valence-corrected chi connectivity index (χ2v) is 10.4. The van der Waals surface area contributed by atoms with E-state index in [9.17, 15) is 4.79 Å². The predicted octanol–water partition coefficient (Wildman–Crippen LogP) is 4.15. The fraction of sp³-hybridized carbons (Fsp3) is 0.346. The molecule has 1 amide bonds. The van der Waals surface area contributed by atoms with E-state index < -0.39 is 5.54 Å². The molecule has 2 aliphatic rings. The van der Waals surface area contributed by atoms with Crippen molar-refractivity contribution in [3.63, 3.8) is 0 Å². The van der Waals surface area contributed by atoms with Crippen LogP contribution in [-0.4, -0.2) is 62.8 Å². The number of hydrogen-bond acceptors (Lipinski definition) is 7. The molecule has 0 aliphatic carbocycles. The minimum absolute atomic E-state index is 0.157. The standard InChI is InChI=1S/C26H27N5O4S/c1-26(2)15-34-9-8-30(26)25(32)22-24-23(31(28-22)17-6-10-36-14-17)18-12-19(20-5-7-29(3)27-20)21(33-4)11-16(18)13-35-24/h5-7,10-12,14H,8-9,13,15H2,1-4H3. The van der Waals surface area contributed by atoms with Gasteiger partial charge in [0.1, 0.15) is 18.1 Å². The lowest BCUT2D eigenvalue weighted by Crippen LogP contribution is -2.55. The Morgan fingerprint density at radius 1 is 1.19 bits per heavy atom. The van der Waals surface area contributed by atoms with Crippen molar-refractivity contribution in [1.29, 1.82) is 0 Å². The van der Waals surface area contributed by atoms with E-state index in [1.165, 1.54) is 0 Å². The number of benzene rings is 1. The highest BCUT2D eigenvalue weighted by molar-refractivity contribution is 7.08. The van der Waals surface area contributed by atoms with Crippen LogP contribution in [0.3, 0.4) is 0 Å². The van der Waals surface area contributed by atoms with Crippen molar-refractivity contribution >= 4 is 17.2 Å². The molecule has 36 heavy (non-hydrogen) atoms. The summed E-state index contributed by atoms with van der Waals surface area (Å²) in [4.78, 5) is 15.7. The lowest BCUT2D eigenvalue weighted by molar-refractivity contribution is -0.0374. The Kier molecular flexibility index (Phi) is 5.38. The number of aromatic nitrogens is 4. The highest BCUT2D eigenvalue weighted by atomic mass is 32.1. The highest BCUT2D eigenvalue weighted by Crippen LogP contribution is 2.46. The summed E-state index contributed by atoms with van der Waals surface area (Å²) in [6, 6.07) is 7.99. The van der Waals surface area contributed by atoms with Crippen LogP contribution in [0.1, 0.15) is 29.9 Å². The van der Waals surface area contributed by atoms with Crippen molar-refractivity contribution in [3.8, 4) is 39.7 Å². The molecule has 1 aromatic carbocycles. The molecule has 0 spiro atoms. The average molecular weight is 506 g/mol. The third-order valence-corrected chi connectivity index (χ3v) is 7.40. The second-order valence-electron chi connectivity index (χ2n) is 9.61. The van der Waals surface area contributed by atoms with E-state index in [1.807, 2.05) is 65.6 Å². The first kappa shape index (κ1) is 22.8. The van der Waals surface area contributed by atoms with Gasteiger partial charge in [0.2, 0.25) is 0 Å². The van der Waals surface area contributed by atoms with E-state index in [-0.39, 0.29) is 5.91 Å². The topological polar surface area (TPSA) is 83.6 Å². The summed E-state index contributed by atoms with van der Waals surface area (Å²) in [7, 11) is 3.54. The Morgan fingerprint density at radius 2 is 2.06 bits per heavy atom. The number of carbonyl (C=O) groups excluding carboxylic acids is 1. The highest BCUT2D eigenvalue weighted by Gasteiger charge is 2.39. The molecule has 1 fully saturated rings. The number of hydrogen-bond donors (Lipinski definition) is 0. The molecule has 186 valence electrons. The van der Waals surface area contributed by atoms with Gasteiger partial charge in [0, 0.05) is 41.9 Å². The number of aryl methyl sites for hydroxylation is 1. The van der Waals surface area contributed by atoms with Crippen LogP contribution in [-0.2, 0) is 18.4 Å². The van der Waals surface area contributed by atoms with E-state index in [2.05, 4.69) is 11.2 Å². The van der Waals surface area contributed by atoms with Gasteiger partial charge in [-0.15, -0.1) is 0 Å². The van der Waals surface area contributed by atoms with Crippen LogP contribution < -0.4 is 9.47 Å². The Hall–Kier alpha value is -3.63. The summed E-state index contributed by atoms with van der Waals surface area (Å²) in [5.74, 6) is 1.06. The number of thiophene rings is 1. The molecule has 1 saturated heterocycles. The molecule has 6 rings (SSSR count). The van der Waals surface area contributed by atoms with Gasteiger partial charge >= 0.3 is 0 Å². The Labute approximate surface area is 212 Å². The first-order chi connectivity index (χ1) is 17.4. The van der Waals surface area contributed by atoms with Crippen molar-refractivity contribution in [2.24, 2.45) is 7.05 Å². The van der Waals surface area contributed by atoms with Gasteiger partial charge in [-0.1, -0.05) is 0 Å². The maximum absolute atomic E-state index is 13.9. The number of rotatable bonds is 4. The minimum atomic E-state index is -0.444. The number of fused-ring (bicyclic) bond motifs is 3. The summed E-state index contributed by atoms with van der Waals surface area (Å²) < 4.78 is 21.2. The van der Waals surface area contributed by atoms with Gasteiger partial charge in [0.25, 0.3) is 5.91 Å². The Morgan fingerprint density at radius 3 is 2.75 bits per heavy atom. The maximum atomic E-state index is 13.9. The lowest BCUT2D eigenvalue weighted by atomic mass is 9.96. The Bertz CT molecular complexity index is 1450. The molecule has 0 radical (unpaired) electrons.